The molecule has 0 bridgehead atoms. The summed E-state index contributed by atoms with van der Waals surface area (Å²) in [6.07, 6.45) is 5.00. The topological polar surface area (TPSA) is 44.7 Å². The molecule has 2 aromatic rings. The number of nitrogens with one attached hydrogen (secondary N) is 1. The van der Waals surface area contributed by atoms with Crippen LogP contribution in [-0.4, -0.2) is 49.9 Å². The summed E-state index contributed by atoms with van der Waals surface area (Å²) in [4.78, 5) is 2.11. The van der Waals surface area contributed by atoms with Gasteiger partial charge in [0.15, 0.2) is 0 Å². The Morgan fingerprint density at radius 3 is 2.64 bits per heavy atom. The van der Waals surface area contributed by atoms with Gasteiger partial charge in [-0.25, -0.2) is 4.39 Å². The minimum absolute atomic E-state index is 0.0311. The molecule has 1 saturated heterocycles. The number of halogens is 1. The van der Waals surface area contributed by atoms with Crippen LogP contribution in [0.15, 0.2) is 54.6 Å². The molecule has 0 spiro atoms. The Morgan fingerprint density at radius 1 is 1.21 bits per heavy atom. The van der Waals surface area contributed by atoms with Crippen molar-refractivity contribution in [1.29, 1.82) is 0 Å². The van der Waals surface area contributed by atoms with Crippen LogP contribution in [0.4, 0.5) is 4.39 Å². The average Bonchev–Trinajstić information content (AvgIpc) is 3.04. The van der Waals surface area contributed by atoms with Crippen LogP contribution >= 0.6 is 0 Å². The molecule has 2 aromatic carbocycles. The number of methoxy groups -OCH3 is 1. The predicted octanol–water partition coefficient (Wildman–Crippen LogP) is 3.49. The summed E-state index contributed by atoms with van der Waals surface area (Å²) in [5, 5.41) is 13.1. The summed E-state index contributed by atoms with van der Waals surface area (Å²) in [5.41, 5.74) is 1.83. The number of likely N-dealkylation sites (N-methyl/N-ethyl adjacent to an activating group) is 1. The molecule has 28 heavy (non-hydrogen) atoms. The quantitative estimate of drug-likeness (QED) is 0.684. The fourth-order valence-corrected chi connectivity index (χ4v) is 4.05. The number of hydrogen-bond acceptors (Lipinski definition) is 4. The molecule has 0 radical (unpaired) electrons. The third-order valence-corrected chi connectivity index (χ3v) is 5.57. The van der Waals surface area contributed by atoms with E-state index in [-0.39, 0.29) is 30.4 Å². The van der Waals surface area contributed by atoms with Crippen LogP contribution in [0.2, 0.25) is 0 Å². The fraction of sp³-hybridized carbons (Fsp3) is 0.391. The summed E-state index contributed by atoms with van der Waals surface area (Å²) >= 11 is 0. The minimum atomic E-state index is -0.178. The van der Waals surface area contributed by atoms with Crippen LogP contribution in [0.3, 0.4) is 0 Å². The number of aliphatic hydroxyl groups excluding tert-OH is 1. The van der Waals surface area contributed by atoms with Crippen LogP contribution in [-0.2, 0) is 0 Å². The number of ether oxygens (including phenoxy) is 1. The van der Waals surface area contributed by atoms with E-state index in [9.17, 15) is 9.50 Å². The van der Waals surface area contributed by atoms with Gasteiger partial charge in [0.2, 0.25) is 0 Å². The Bertz CT molecular complexity index is 778. The zero-order chi connectivity index (χ0) is 19.9. The molecule has 0 amide bonds. The summed E-state index contributed by atoms with van der Waals surface area (Å²) < 4.78 is 19.5. The SMILES string of the molecule is COc1ccc(C=CCNC[C@H]2C[C@@H](CO)N(C)[C@H]2c2ccccc2F)cc1. The first-order valence-corrected chi connectivity index (χ1v) is 9.72. The minimum Gasteiger partial charge on any atom is -0.497 e. The molecule has 0 aromatic heterocycles. The highest BCUT2D eigenvalue weighted by atomic mass is 19.1. The molecule has 2 N–H and O–H groups in total. The first-order valence-electron chi connectivity index (χ1n) is 9.72. The van der Waals surface area contributed by atoms with Gasteiger partial charge < -0.3 is 15.2 Å². The van der Waals surface area contributed by atoms with Crippen molar-refractivity contribution >= 4 is 6.08 Å². The molecular formula is C23H29FN2O2. The number of hydrogen-bond donors (Lipinski definition) is 2. The summed E-state index contributed by atoms with van der Waals surface area (Å²) in [6.45, 7) is 1.60. The normalized spacial score (nSPS) is 22.8. The Kier molecular flexibility index (Phi) is 7.20. The third-order valence-electron chi connectivity index (χ3n) is 5.57. The van der Waals surface area contributed by atoms with Crippen molar-refractivity contribution in [3.05, 3.63) is 71.6 Å². The molecule has 1 aliphatic heterocycles. The third kappa shape index (κ3) is 4.79. The van der Waals surface area contributed by atoms with E-state index in [1.165, 1.54) is 6.07 Å². The van der Waals surface area contributed by atoms with Crippen molar-refractivity contribution in [2.24, 2.45) is 5.92 Å². The molecule has 3 atom stereocenters. The van der Waals surface area contributed by atoms with Crippen molar-refractivity contribution in [2.75, 3.05) is 33.9 Å². The van der Waals surface area contributed by atoms with Gasteiger partial charge in [0.1, 0.15) is 11.6 Å². The van der Waals surface area contributed by atoms with Gasteiger partial charge in [0, 0.05) is 30.7 Å². The van der Waals surface area contributed by atoms with Crippen molar-refractivity contribution in [3.63, 3.8) is 0 Å². The van der Waals surface area contributed by atoms with Gasteiger partial charge in [-0.2, -0.15) is 0 Å². The van der Waals surface area contributed by atoms with E-state index in [2.05, 4.69) is 22.4 Å². The second-order valence-corrected chi connectivity index (χ2v) is 7.30. The molecule has 1 heterocycles. The van der Waals surface area contributed by atoms with Crippen LogP contribution in [0.1, 0.15) is 23.6 Å². The lowest BCUT2D eigenvalue weighted by atomic mass is 9.92. The summed E-state index contributed by atoms with van der Waals surface area (Å²) in [7, 11) is 3.63. The highest BCUT2D eigenvalue weighted by Gasteiger charge is 2.40. The maximum atomic E-state index is 14.4. The molecule has 1 aliphatic rings. The Hall–Kier alpha value is -2.21. The monoisotopic (exact) mass is 384 g/mol. The van der Waals surface area contributed by atoms with E-state index < -0.39 is 0 Å². The Morgan fingerprint density at radius 2 is 1.96 bits per heavy atom. The van der Waals surface area contributed by atoms with Gasteiger partial charge >= 0.3 is 0 Å². The molecule has 4 nitrogen and oxygen atoms in total. The maximum Gasteiger partial charge on any atom is 0.127 e. The molecule has 0 saturated carbocycles. The molecule has 150 valence electrons. The fourth-order valence-electron chi connectivity index (χ4n) is 4.05. The number of benzene rings is 2. The zero-order valence-electron chi connectivity index (χ0n) is 16.5. The zero-order valence-corrected chi connectivity index (χ0v) is 16.5. The molecule has 0 aliphatic carbocycles. The standard InChI is InChI=1S/C23H29FN2O2/c1-26-19(16-27)14-18(23(26)21-7-3-4-8-22(21)24)15-25-13-5-6-17-9-11-20(28-2)12-10-17/h3-12,18-19,23,25,27H,13-16H2,1-2H3/t18-,19+,23-/m1/s1. The average molecular weight is 384 g/mol. The predicted molar refractivity (Wildman–Crippen MR) is 111 cm³/mol. The van der Waals surface area contributed by atoms with Crippen molar-refractivity contribution in [2.45, 2.75) is 18.5 Å². The van der Waals surface area contributed by atoms with E-state index in [1.54, 1.807) is 13.2 Å². The highest BCUT2D eigenvalue weighted by Crippen LogP contribution is 2.40. The van der Waals surface area contributed by atoms with Gasteiger partial charge in [-0.15, -0.1) is 0 Å². The van der Waals surface area contributed by atoms with Gasteiger partial charge in [0.25, 0.3) is 0 Å². The van der Waals surface area contributed by atoms with E-state index >= 15 is 0 Å². The lowest BCUT2D eigenvalue weighted by Gasteiger charge is -2.28. The Labute approximate surface area is 166 Å². The Balaban J connectivity index is 1.58. The second kappa shape index (κ2) is 9.82. The summed E-state index contributed by atoms with van der Waals surface area (Å²) in [5.74, 6) is 0.911. The van der Waals surface area contributed by atoms with E-state index in [0.29, 0.717) is 5.56 Å². The van der Waals surface area contributed by atoms with Gasteiger partial charge in [-0.05, 0) is 43.1 Å². The largest absolute Gasteiger partial charge is 0.497 e. The lowest BCUT2D eigenvalue weighted by molar-refractivity contribution is 0.151. The van der Waals surface area contributed by atoms with Crippen molar-refractivity contribution < 1.29 is 14.2 Å². The van der Waals surface area contributed by atoms with Gasteiger partial charge in [-0.1, -0.05) is 42.5 Å². The van der Waals surface area contributed by atoms with Crippen molar-refractivity contribution in [1.82, 2.24) is 10.2 Å². The highest BCUT2D eigenvalue weighted by molar-refractivity contribution is 5.50. The number of aliphatic hydroxyl groups is 1. The number of nitrogens with zero attached hydrogens (tertiary/aromatic N) is 1. The van der Waals surface area contributed by atoms with Crippen LogP contribution in [0, 0.1) is 11.7 Å². The van der Waals surface area contributed by atoms with Crippen LogP contribution < -0.4 is 10.1 Å². The van der Waals surface area contributed by atoms with E-state index in [1.807, 2.05) is 43.4 Å². The maximum absolute atomic E-state index is 14.4. The van der Waals surface area contributed by atoms with Crippen LogP contribution in [0.5, 0.6) is 5.75 Å². The van der Waals surface area contributed by atoms with E-state index in [4.69, 9.17) is 4.74 Å². The van der Waals surface area contributed by atoms with E-state index in [0.717, 1.165) is 30.8 Å². The number of likely N-dealkylation sites (tertiary alicyclic amines) is 1. The number of rotatable bonds is 8. The molecule has 3 rings (SSSR count). The van der Waals surface area contributed by atoms with Crippen LogP contribution in [0.25, 0.3) is 6.08 Å². The summed E-state index contributed by atoms with van der Waals surface area (Å²) in [6, 6.07) is 14.9. The lowest BCUT2D eigenvalue weighted by Crippen LogP contribution is -2.32. The first kappa shape index (κ1) is 20.5. The molecule has 5 heteroatoms. The van der Waals surface area contributed by atoms with Crippen molar-refractivity contribution in [3.8, 4) is 5.75 Å². The molecule has 1 fully saturated rings. The van der Waals surface area contributed by atoms with Gasteiger partial charge in [-0.3, -0.25) is 4.90 Å². The molecular weight excluding hydrogens is 355 g/mol. The first-order chi connectivity index (χ1) is 13.6. The smallest absolute Gasteiger partial charge is 0.127 e. The molecule has 0 unspecified atom stereocenters. The second-order valence-electron chi connectivity index (χ2n) is 7.30. The van der Waals surface area contributed by atoms with Gasteiger partial charge in [0.05, 0.1) is 13.7 Å².